The van der Waals surface area contributed by atoms with Gasteiger partial charge in [-0.1, -0.05) is 60.7 Å². The van der Waals surface area contributed by atoms with Gasteiger partial charge in [0, 0.05) is 32.6 Å². The number of hydrogen-bond donors (Lipinski definition) is 0. The lowest BCUT2D eigenvalue weighted by atomic mass is 9.97. The second-order valence-electron chi connectivity index (χ2n) is 11.3. The first-order valence-electron chi connectivity index (χ1n) is 14.6. The number of benzene rings is 4. The van der Waals surface area contributed by atoms with E-state index in [1.54, 1.807) is 18.2 Å². The normalized spacial score (nSPS) is 18.2. The van der Waals surface area contributed by atoms with Crippen LogP contribution in [0.1, 0.15) is 34.7 Å². The molecule has 4 aromatic carbocycles. The number of rotatable bonds is 7. The molecule has 1 fully saturated rings. The molecule has 1 unspecified atom stereocenters. The van der Waals surface area contributed by atoms with Gasteiger partial charge >= 0.3 is 0 Å². The van der Waals surface area contributed by atoms with Crippen LogP contribution in [0.5, 0.6) is 5.75 Å². The first-order chi connectivity index (χ1) is 20.7. The standard InChI is InChI=1S/C34H36N4O4S/c1-24-8-9-25(2)33(20-24)43(40,41)37-18-16-36(17-19-37)23-34(39)38-32(27-12-14-30(42-3)15-13-27)22-31(35-38)29-11-10-26-6-4-5-7-28(26)21-29/h4-15,20-21,32H,16-19,22-23H2,1-3H3. The highest BCUT2D eigenvalue weighted by atomic mass is 32.2. The van der Waals surface area contributed by atoms with Crippen molar-refractivity contribution in [3.05, 3.63) is 107 Å². The number of carbonyl (C=O) groups is 1. The number of piperazine rings is 1. The minimum atomic E-state index is -3.61. The van der Waals surface area contributed by atoms with E-state index in [4.69, 9.17) is 9.84 Å². The third-order valence-electron chi connectivity index (χ3n) is 8.40. The Morgan fingerprint density at radius 3 is 2.33 bits per heavy atom. The fourth-order valence-corrected chi connectivity index (χ4v) is 7.62. The molecule has 2 aliphatic heterocycles. The van der Waals surface area contributed by atoms with Gasteiger partial charge in [-0.15, -0.1) is 0 Å². The second kappa shape index (κ2) is 11.9. The Hall–Kier alpha value is -4.05. The summed E-state index contributed by atoms with van der Waals surface area (Å²) in [5, 5.41) is 8.78. The maximum atomic E-state index is 13.8. The summed E-state index contributed by atoms with van der Waals surface area (Å²) in [7, 11) is -1.97. The van der Waals surface area contributed by atoms with Crippen LogP contribution in [0.25, 0.3) is 10.8 Å². The number of methoxy groups -OCH3 is 1. The average Bonchev–Trinajstić information content (AvgIpc) is 3.48. The molecule has 0 aromatic heterocycles. The molecule has 1 amide bonds. The number of hydrogen-bond acceptors (Lipinski definition) is 6. The molecule has 6 rings (SSSR count). The van der Waals surface area contributed by atoms with Crippen LogP contribution in [-0.2, 0) is 14.8 Å². The Bertz CT molecular complexity index is 1800. The summed E-state index contributed by atoms with van der Waals surface area (Å²) in [5.41, 5.74) is 4.50. The van der Waals surface area contributed by atoms with Gasteiger partial charge in [-0.25, -0.2) is 13.4 Å². The molecule has 0 saturated carbocycles. The van der Waals surface area contributed by atoms with Crippen LogP contribution in [-0.4, -0.2) is 74.1 Å². The maximum absolute atomic E-state index is 13.8. The first-order valence-corrected chi connectivity index (χ1v) is 16.0. The summed E-state index contributed by atoms with van der Waals surface area (Å²) < 4.78 is 33.7. The summed E-state index contributed by atoms with van der Waals surface area (Å²) in [5.74, 6) is 0.645. The van der Waals surface area contributed by atoms with Crippen molar-refractivity contribution in [3.63, 3.8) is 0 Å². The Labute approximate surface area is 253 Å². The lowest BCUT2D eigenvalue weighted by molar-refractivity contribution is -0.134. The number of amides is 1. The number of nitrogens with zero attached hydrogens (tertiary/aromatic N) is 4. The molecule has 0 spiro atoms. The zero-order valence-electron chi connectivity index (χ0n) is 24.7. The number of fused-ring (bicyclic) bond motifs is 1. The van der Waals surface area contributed by atoms with Crippen LogP contribution < -0.4 is 4.74 Å². The number of ether oxygens (including phenoxy) is 1. The van der Waals surface area contributed by atoms with Crippen molar-refractivity contribution in [2.75, 3.05) is 39.8 Å². The Balaban J connectivity index is 1.20. The summed E-state index contributed by atoms with van der Waals surface area (Å²) in [6.45, 7) is 5.48. The van der Waals surface area contributed by atoms with E-state index in [0.29, 0.717) is 37.5 Å². The molecule has 222 valence electrons. The molecule has 9 heteroatoms. The molecule has 2 heterocycles. The molecule has 0 radical (unpaired) electrons. The zero-order chi connectivity index (χ0) is 30.1. The van der Waals surface area contributed by atoms with E-state index in [0.717, 1.165) is 44.5 Å². The molecule has 8 nitrogen and oxygen atoms in total. The number of carbonyl (C=O) groups excluding carboxylic acids is 1. The van der Waals surface area contributed by atoms with E-state index in [-0.39, 0.29) is 18.5 Å². The van der Waals surface area contributed by atoms with Crippen LogP contribution in [0, 0.1) is 13.8 Å². The number of hydrazone groups is 1. The molecular formula is C34H36N4O4S. The van der Waals surface area contributed by atoms with Crippen molar-refractivity contribution in [2.45, 2.75) is 31.2 Å². The van der Waals surface area contributed by atoms with Crippen molar-refractivity contribution in [3.8, 4) is 5.75 Å². The molecule has 0 bridgehead atoms. The van der Waals surface area contributed by atoms with Crippen LogP contribution in [0.4, 0.5) is 0 Å². The van der Waals surface area contributed by atoms with Crippen LogP contribution in [0.3, 0.4) is 0 Å². The van der Waals surface area contributed by atoms with Gasteiger partial charge in [-0.3, -0.25) is 9.69 Å². The van der Waals surface area contributed by atoms with Gasteiger partial charge in [0.25, 0.3) is 5.91 Å². The van der Waals surface area contributed by atoms with Gasteiger partial charge in [0.05, 0.1) is 30.3 Å². The minimum absolute atomic E-state index is 0.109. The van der Waals surface area contributed by atoms with Gasteiger partial charge in [0.15, 0.2) is 0 Å². The SMILES string of the molecule is COc1ccc(C2CC(c3ccc4ccccc4c3)=NN2C(=O)CN2CCN(S(=O)(=O)c3cc(C)ccc3C)CC2)cc1. The average molecular weight is 597 g/mol. The van der Waals surface area contributed by atoms with Crippen LogP contribution >= 0.6 is 0 Å². The van der Waals surface area contributed by atoms with Gasteiger partial charge < -0.3 is 4.74 Å². The summed E-state index contributed by atoms with van der Waals surface area (Å²) in [6, 6.07) is 27.5. The van der Waals surface area contributed by atoms with E-state index >= 15 is 0 Å². The highest BCUT2D eigenvalue weighted by Crippen LogP contribution is 2.34. The lowest BCUT2D eigenvalue weighted by Gasteiger charge is -2.34. The largest absolute Gasteiger partial charge is 0.497 e. The van der Waals surface area contributed by atoms with E-state index < -0.39 is 10.0 Å². The summed E-state index contributed by atoms with van der Waals surface area (Å²) >= 11 is 0. The predicted molar refractivity (Wildman–Crippen MR) is 169 cm³/mol. The van der Waals surface area contributed by atoms with E-state index in [2.05, 4.69) is 30.3 Å². The lowest BCUT2D eigenvalue weighted by Crippen LogP contribution is -2.51. The number of sulfonamides is 1. The van der Waals surface area contributed by atoms with Crippen LogP contribution in [0.15, 0.2) is 94.9 Å². The van der Waals surface area contributed by atoms with Crippen molar-refractivity contribution in [1.29, 1.82) is 0 Å². The van der Waals surface area contributed by atoms with E-state index in [1.165, 1.54) is 4.31 Å². The monoisotopic (exact) mass is 596 g/mol. The Morgan fingerprint density at radius 2 is 1.60 bits per heavy atom. The molecular weight excluding hydrogens is 560 g/mol. The fourth-order valence-electron chi connectivity index (χ4n) is 5.89. The van der Waals surface area contributed by atoms with Gasteiger partial charge in [0.2, 0.25) is 10.0 Å². The Kier molecular flexibility index (Phi) is 8.05. The third kappa shape index (κ3) is 5.93. The molecule has 0 aliphatic carbocycles. The van der Waals surface area contributed by atoms with Gasteiger partial charge in [0.1, 0.15) is 5.75 Å². The molecule has 4 aromatic rings. The van der Waals surface area contributed by atoms with Crippen LogP contribution in [0.2, 0.25) is 0 Å². The smallest absolute Gasteiger partial charge is 0.257 e. The highest BCUT2D eigenvalue weighted by molar-refractivity contribution is 7.89. The maximum Gasteiger partial charge on any atom is 0.257 e. The quantitative estimate of drug-likeness (QED) is 0.295. The first kappa shape index (κ1) is 29.0. The zero-order valence-corrected chi connectivity index (χ0v) is 25.5. The van der Waals surface area contributed by atoms with Gasteiger partial charge in [-0.05, 0) is 71.1 Å². The fraction of sp³-hybridized carbons (Fsp3) is 0.294. The highest BCUT2D eigenvalue weighted by Gasteiger charge is 2.35. The van der Waals surface area contributed by atoms with Gasteiger partial charge in [-0.2, -0.15) is 9.41 Å². The van der Waals surface area contributed by atoms with E-state index in [1.807, 2.05) is 67.3 Å². The topological polar surface area (TPSA) is 82.5 Å². The summed E-state index contributed by atoms with van der Waals surface area (Å²) in [6.07, 6.45) is 0.596. The molecule has 0 N–H and O–H groups in total. The number of aryl methyl sites for hydroxylation is 2. The third-order valence-corrected chi connectivity index (χ3v) is 10.4. The van der Waals surface area contributed by atoms with Crippen molar-refractivity contribution in [2.24, 2.45) is 5.10 Å². The Morgan fingerprint density at radius 1 is 0.884 bits per heavy atom. The van der Waals surface area contributed by atoms with Crippen molar-refractivity contribution >= 4 is 32.4 Å². The molecule has 43 heavy (non-hydrogen) atoms. The minimum Gasteiger partial charge on any atom is -0.497 e. The molecule has 2 aliphatic rings. The van der Waals surface area contributed by atoms with Crippen molar-refractivity contribution < 1.29 is 17.9 Å². The van der Waals surface area contributed by atoms with Crippen molar-refractivity contribution in [1.82, 2.24) is 14.2 Å². The second-order valence-corrected chi connectivity index (χ2v) is 13.2. The predicted octanol–water partition coefficient (Wildman–Crippen LogP) is 5.15. The summed E-state index contributed by atoms with van der Waals surface area (Å²) in [4.78, 5) is 16.2. The molecule has 1 saturated heterocycles. The molecule has 1 atom stereocenters. The van der Waals surface area contributed by atoms with E-state index in [9.17, 15) is 13.2 Å².